The number of urea groups is 1. The number of carbonyl (C=O) groups excluding carboxylic acids is 2. The van der Waals surface area contributed by atoms with Gasteiger partial charge in [-0.2, -0.15) is 0 Å². The third kappa shape index (κ3) is 3.14. The summed E-state index contributed by atoms with van der Waals surface area (Å²) >= 11 is 3.37. The van der Waals surface area contributed by atoms with Crippen molar-refractivity contribution in [3.8, 4) is 11.5 Å². The predicted octanol–water partition coefficient (Wildman–Crippen LogP) is 4.07. The molecule has 7 heteroatoms. The van der Waals surface area contributed by atoms with E-state index in [0.717, 1.165) is 20.5 Å². The average molecular weight is 426 g/mol. The number of hydrogen-bond donors (Lipinski definition) is 1. The van der Waals surface area contributed by atoms with Crippen molar-refractivity contribution < 1.29 is 14.0 Å². The summed E-state index contributed by atoms with van der Waals surface area (Å²) in [7, 11) is 0. The lowest BCUT2D eigenvalue weighted by atomic mass is 9.92. The van der Waals surface area contributed by atoms with Gasteiger partial charge in [0.1, 0.15) is 11.8 Å². The molecule has 1 atom stereocenters. The number of oxazole rings is 1. The van der Waals surface area contributed by atoms with Crippen molar-refractivity contribution >= 4 is 27.9 Å². The molecule has 0 unspecified atom stereocenters. The van der Waals surface area contributed by atoms with Gasteiger partial charge in [-0.25, -0.2) is 9.78 Å². The highest BCUT2D eigenvalue weighted by atomic mass is 79.9. The molecule has 2 aromatic carbocycles. The van der Waals surface area contributed by atoms with Gasteiger partial charge in [-0.3, -0.25) is 9.69 Å². The zero-order valence-corrected chi connectivity index (χ0v) is 16.1. The molecule has 3 aromatic rings. The van der Waals surface area contributed by atoms with Crippen LogP contribution in [0.1, 0.15) is 18.2 Å². The van der Waals surface area contributed by atoms with Gasteiger partial charge in [0.05, 0.1) is 12.2 Å². The van der Waals surface area contributed by atoms with Crippen LogP contribution in [0.25, 0.3) is 11.5 Å². The fourth-order valence-electron chi connectivity index (χ4n) is 3.07. The van der Waals surface area contributed by atoms with Gasteiger partial charge >= 0.3 is 6.03 Å². The van der Waals surface area contributed by atoms with Crippen molar-refractivity contribution in [3.63, 3.8) is 0 Å². The number of hydrogen-bond acceptors (Lipinski definition) is 4. The summed E-state index contributed by atoms with van der Waals surface area (Å²) in [5.41, 5.74) is 0.957. The number of halogens is 1. The Bertz CT molecular complexity index is 1000. The number of benzene rings is 2. The van der Waals surface area contributed by atoms with Gasteiger partial charge in [0, 0.05) is 10.0 Å². The van der Waals surface area contributed by atoms with E-state index in [1.54, 1.807) is 6.92 Å². The fraction of sp³-hybridized carbons (Fsp3) is 0.150. The van der Waals surface area contributed by atoms with E-state index in [1.165, 1.54) is 6.26 Å². The number of aromatic nitrogens is 1. The topological polar surface area (TPSA) is 75.4 Å². The fourth-order valence-corrected chi connectivity index (χ4v) is 3.34. The quantitative estimate of drug-likeness (QED) is 0.639. The molecule has 2 heterocycles. The Hall–Kier alpha value is -2.93. The van der Waals surface area contributed by atoms with Gasteiger partial charge < -0.3 is 9.73 Å². The van der Waals surface area contributed by atoms with Gasteiger partial charge in [-0.15, -0.1) is 0 Å². The minimum absolute atomic E-state index is 0.0487. The van der Waals surface area contributed by atoms with Crippen LogP contribution in [0.15, 0.2) is 69.8 Å². The lowest BCUT2D eigenvalue weighted by Gasteiger charge is -2.22. The van der Waals surface area contributed by atoms with E-state index in [4.69, 9.17) is 4.42 Å². The number of carbonyl (C=O) groups is 2. The molecular weight excluding hydrogens is 410 g/mol. The monoisotopic (exact) mass is 425 g/mol. The maximum Gasteiger partial charge on any atom is 0.325 e. The molecule has 1 fully saturated rings. The first-order valence-electron chi connectivity index (χ1n) is 8.37. The molecule has 1 aromatic heterocycles. The van der Waals surface area contributed by atoms with Crippen molar-refractivity contribution in [3.05, 3.63) is 76.6 Å². The first-order chi connectivity index (χ1) is 13.0. The van der Waals surface area contributed by atoms with E-state index in [1.807, 2.05) is 54.6 Å². The lowest BCUT2D eigenvalue weighted by Crippen LogP contribution is -2.40. The zero-order chi connectivity index (χ0) is 19.0. The Morgan fingerprint density at radius 1 is 1.11 bits per heavy atom. The first kappa shape index (κ1) is 17.5. The van der Waals surface area contributed by atoms with E-state index >= 15 is 0 Å². The summed E-state index contributed by atoms with van der Waals surface area (Å²) in [5.74, 6) is 0.132. The van der Waals surface area contributed by atoms with E-state index in [9.17, 15) is 9.59 Å². The number of amides is 3. The maximum absolute atomic E-state index is 13.0. The molecule has 4 rings (SSSR count). The molecule has 0 aliphatic carbocycles. The SMILES string of the molecule is C[C@]1(c2ccc(Br)cc2)NC(=O)N(Cc2coc(-c3ccccc3)n2)C1=O. The smallest absolute Gasteiger partial charge is 0.325 e. The standard InChI is InChI=1S/C20H16BrN3O3/c1-20(14-7-9-15(21)10-8-14)18(25)24(19(26)23-20)11-16-12-27-17(22-16)13-5-3-2-4-6-13/h2-10,12H,11H2,1H3,(H,23,26)/t20-/m1/s1. The molecule has 27 heavy (non-hydrogen) atoms. The van der Waals surface area contributed by atoms with Crippen LogP contribution in [-0.2, 0) is 16.9 Å². The Kier molecular flexibility index (Phi) is 4.31. The van der Waals surface area contributed by atoms with Crippen LogP contribution in [0.4, 0.5) is 4.79 Å². The average Bonchev–Trinajstić information content (AvgIpc) is 3.22. The van der Waals surface area contributed by atoms with E-state index in [2.05, 4.69) is 26.2 Å². The maximum atomic E-state index is 13.0. The summed E-state index contributed by atoms with van der Waals surface area (Å²) in [6.07, 6.45) is 1.47. The molecule has 6 nitrogen and oxygen atoms in total. The van der Waals surface area contributed by atoms with Crippen LogP contribution in [0, 0.1) is 0 Å². The molecule has 136 valence electrons. The van der Waals surface area contributed by atoms with Gasteiger partial charge in [0.15, 0.2) is 0 Å². The predicted molar refractivity (Wildman–Crippen MR) is 103 cm³/mol. The Morgan fingerprint density at radius 3 is 2.52 bits per heavy atom. The molecule has 3 amide bonds. The van der Waals surface area contributed by atoms with E-state index in [0.29, 0.717) is 11.6 Å². The highest BCUT2D eigenvalue weighted by molar-refractivity contribution is 9.10. The van der Waals surface area contributed by atoms with Crippen molar-refractivity contribution in [2.75, 3.05) is 0 Å². The molecular formula is C20H16BrN3O3. The van der Waals surface area contributed by atoms with Crippen LogP contribution in [0.5, 0.6) is 0 Å². The first-order valence-corrected chi connectivity index (χ1v) is 9.16. The highest BCUT2D eigenvalue weighted by Crippen LogP contribution is 2.31. The second-order valence-corrected chi connectivity index (χ2v) is 7.38. The van der Waals surface area contributed by atoms with Gasteiger partial charge in [0.2, 0.25) is 5.89 Å². The second kappa shape index (κ2) is 6.66. The third-order valence-corrected chi connectivity index (χ3v) is 5.12. The van der Waals surface area contributed by atoms with Crippen LogP contribution in [0.2, 0.25) is 0 Å². The molecule has 0 saturated carbocycles. The zero-order valence-electron chi connectivity index (χ0n) is 14.5. The minimum Gasteiger partial charge on any atom is -0.444 e. The van der Waals surface area contributed by atoms with Crippen molar-refractivity contribution in [1.29, 1.82) is 0 Å². The molecule has 0 spiro atoms. The molecule has 1 N–H and O–H groups in total. The molecule has 0 bridgehead atoms. The highest BCUT2D eigenvalue weighted by Gasteiger charge is 2.49. The summed E-state index contributed by atoms with van der Waals surface area (Å²) in [5, 5.41) is 2.79. The van der Waals surface area contributed by atoms with Gasteiger partial charge in [0.25, 0.3) is 5.91 Å². The molecule has 1 aliphatic heterocycles. The third-order valence-electron chi connectivity index (χ3n) is 4.59. The molecule has 1 aliphatic rings. The Morgan fingerprint density at radius 2 is 1.81 bits per heavy atom. The summed E-state index contributed by atoms with van der Waals surface area (Å²) in [6.45, 7) is 1.75. The van der Waals surface area contributed by atoms with Crippen LogP contribution < -0.4 is 5.32 Å². The number of rotatable bonds is 4. The number of imide groups is 1. The van der Waals surface area contributed by atoms with E-state index in [-0.39, 0.29) is 12.5 Å². The second-order valence-electron chi connectivity index (χ2n) is 6.46. The van der Waals surface area contributed by atoms with Crippen molar-refractivity contribution in [1.82, 2.24) is 15.2 Å². The van der Waals surface area contributed by atoms with Crippen LogP contribution >= 0.6 is 15.9 Å². The normalized spacial score (nSPS) is 19.4. The number of nitrogens with one attached hydrogen (secondary N) is 1. The number of nitrogens with zero attached hydrogens (tertiary/aromatic N) is 2. The van der Waals surface area contributed by atoms with Gasteiger partial charge in [-0.1, -0.05) is 46.3 Å². The largest absolute Gasteiger partial charge is 0.444 e. The lowest BCUT2D eigenvalue weighted by molar-refractivity contribution is -0.131. The van der Waals surface area contributed by atoms with E-state index < -0.39 is 11.6 Å². The van der Waals surface area contributed by atoms with Gasteiger partial charge in [-0.05, 0) is 36.8 Å². The van der Waals surface area contributed by atoms with Crippen molar-refractivity contribution in [2.24, 2.45) is 0 Å². The Labute approximate surface area is 164 Å². The summed E-state index contributed by atoms with van der Waals surface area (Å²) < 4.78 is 6.40. The minimum atomic E-state index is -1.11. The van der Waals surface area contributed by atoms with Crippen LogP contribution in [0.3, 0.4) is 0 Å². The molecule has 0 radical (unpaired) electrons. The summed E-state index contributed by atoms with van der Waals surface area (Å²) in [4.78, 5) is 31.0. The Balaban J connectivity index is 1.56. The molecule has 1 saturated heterocycles. The van der Waals surface area contributed by atoms with Crippen molar-refractivity contribution in [2.45, 2.75) is 19.0 Å². The summed E-state index contributed by atoms with van der Waals surface area (Å²) in [6, 6.07) is 16.3. The van der Waals surface area contributed by atoms with Crippen LogP contribution in [-0.4, -0.2) is 21.8 Å².